The lowest BCUT2D eigenvalue weighted by Gasteiger charge is -2.29. The number of halogens is 1. The molecule has 0 saturated heterocycles. The Kier molecular flexibility index (Phi) is 10.4. The van der Waals surface area contributed by atoms with Gasteiger partial charge in [-0.1, -0.05) is 48.4 Å². The number of amides is 2. The molecule has 0 spiro atoms. The van der Waals surface area contributed by atoms with E-state index in [1.54, 1.807) is 37.3 Å². The molecule has 0 bridgehead atoms. The Bertz CT molecular complexity index is 1070. The lowest BCUT2D eigenvalue weighted by molar-refractivity contribution is -0.140. The third-order valence-electron chi connectivity index (χ3n) is 5.43. The Labute approximate surface area is 208 Å². The van der Waals surface area contributed by atoms with Crippen molar-refractivity contribution in [1.82, 2.24) is 10.2 Å². The summed E-state index contributed by atoms with van der Waals surface area (Å²) >= 11 is 6.10. The first-order valence-corrected chi connectivity index (χ1v) is 13.6. The van der Waals surface area contributed by atoms with E-state index in [4.69, 9.17) is 11.6 Å². The second-order valence-electron chi connectivity index (χ2n) is 8.39. The van der Waals surface area contributed by atoms with Crippen molar-refractivity contribution in [3.8, 4) is 0 Å². The molecule has 1 N–H and O–H groups in total. The van der Waals surface area contributed by atoms with Gasteiger partial charge < -0.3 is 10.2 Å². The molecule has 2 rings (SSSR count). The van der Waals surface area contributed by atoms with Crippen LogP contribution in [0.4, 0.5) is 5.69 Å². The Morgan fingerprint density at radius 3 is 2.38 bits per heavy atom. The standard InChI is InChI=1S/C25H34ClN3O4S/c1-5-15-27-25(31)20(3)28(18-21-8-6-9-22(26)17-21)24(30)10-7-16-29(34(4,32)33)23-13-11-19(2)12-14-23/h6,8-9,11-14,17,20H,5,7,10,15-16,18H2,1-4H3,(H,27,31). The number of carbonyl (C=O) groups excluding carboxylic acids is 2. The van der Waals surface area contributed by atoms with Crippen LogP contribution >= 0.6 is 11.6 Å². The van der Waals surface area contributed by atoms with E-state index in [2.05, 4.69) is 5.32 Å². The van der Waals surface area contributed by atoms with Crippen molar-refractivity contribution in [2.75, 3.05) is 23.7 Å². The highest BCUT2D eigenvalue weighted by Gasteiger charge is 2.26. The quantitative estimate of drug-likeness (QED) is 0.467. The van der Waals surface area contributed by atoms with Gasteiger partial charge in [0, 0.05) is 31.1 Å². The number of nitrogens with one attached hydrogen (secondary N) is 1. The van der Waals surface area contributed by atoms with Crippen molar-refractivity contribution in [2.45, 2.75) is 52.6 Å². The zero-order valence-electron chi connectivity index (χ0n) is 20.3. The van der Waals surface area contributed by atoms with Gasteiger partial charge in [0.05, 0.1) is 11.9 Å². The van der Waals surface area contributed by atoms with Crippen molar-refractivity contribution in [2.24, 2.45) is 0 Å². The van der Waals surface area contributed by atoms with Crippen LogP contribution in [0.2, 0.25) is 5.02 Å². The number of aryl methyl sites for hydroxylation is 1. The summed E-state index contributed by atoms with van der Waals surface area (Å²) in [6.45, 7) is 6.51. The number of hydrogen-bond donors (Lipinski definition) is 1. The second-order valence-corrected chi connectivity index (χ2v) is 10.7. The van der Waals surface area contributed by atoms with Gasteiger partial charge in [0.2, 0.25) is 21.8 Å². The average Bonchev–Trinajstić information content (AvgIpc) is 2.78. The predicted octanol–water partition coefficient (Wildman–Crippen LogP) is 4.14. The number of nitrogens with zero attached hydrogens (tertiary/aromatic N) is 2. The maximum Gasteiger partial charge on any atom is 0.242 e. The number of carbonyl (C=O) groups is 2. The maximum absolute atomic E-state index is 13.2. The third kappa shape index (κ3) is 8.33. The Morgan fingerprint density at radius 1 is 1.12 bits per heavy atom. The normalized spacial score (nSPS) is 12.1. The molecule has 0 aliphatic rings. The second kappa shape index (κ2) is 12.8. The molecule has 2 aromatic rings. The van der Waals surface area contributed by atoms with Crippen LogP contribution in [0.25, 0.3) is 0 Å². The molecule has 0 saturated carbocycles. The summed E-state index contributed by atoms with van der Waals surface area (Å²) in [4.78, 5) is 27.3. The summed E-state index contributed by atoms with van der Waals surface area (Å²) in [6, 6.07) is 13.7. The van der Waals surface area contributed by atoms with E-state index in [1.165, 1.54) is 9.21 Å². The van der Waals surface area contributed by atoms with E-state index in [9.17, 15) is 18.0 Å². The SMILES string of the molecule is CCCNC(=O)C(C)N(Cc1cccc(Cl)c1)C(=O)CCCN(c1ccc(C)cc1)S(C)(=O)=O. The molecule has 1 atom stereocenters. The first kappa shape index (κ1) is 27.7. The van der Waals surface area contributed by atoms with E-state index in [1.807, 2.05) is 32.0 Å². The largest absolute Gasteiger partial charge is 0.354 e. The summed E-state index contributed by atoms with van der Waals surface area (Å²) in [5.41, 5.74) is 2.40. The van der Waals surface area contributed by atoms with Gasteiger partial charge in [-0.3, -0.25) is 13.9 Å². The van der Waals surface area contributed by atoms with Crippen LogP contribution < -0.4 is 9.62 Å². The fourth-order valence-electron chi connectivity index (χ4n) is 3.53. The molecule has 0 aromatic heterocycles. The van der Waals surface area contributed by atoms with Crippen molar-refractivity contribution in [3.05, 3.63) is 64.7 Å². The molecule has 0 aliphatic carbocycles. The molecule has 34 heavy (non-hydrogen) atoms. The number of rotatable bonds is 12. The molecule has 0 fully saturated rings. The van der Waals surface area contributed by atoms with Crippen LogP contribution in [0.5, 0.6) is 0 Å². The highest BCUT2D eigenvalue weighted by atomic mass is 35.5. The summed E-state index contributed by atoms with van der Waals surface area (Å²) in [5, 5.41) is 3.39. The molecule has 2 amide bonds. The van der Waals surface area contributed by atoms with E-state index in [0.29, 0.717) is 23.7 Å². The summed E-state index contributed by atoms with van der Waals surface area (Å²) in [7, 11) is -3.51. The van der Waals surface area contributed by atoms with E-state index in [-0.39, 0.29) is 31.3 Å². The van der Waals surface area contributed by atoms with Gasteiger partial charge in [-0.05, 0) is 56.5 Å². The van der Waals surface area contributed by atoms with Gasteiger partial charge in [0.1, 0.15) is 6.04 Å². The highest BCUT2D eigenvalue weighted by molar-refractivity contribution is 7.92. The van der Waals surface area contributed by atoms with Gasteiger partial charge >= 0.3 is 0 Å². The molecular formula is C25H34ClN3O4S. The molecule has 0 heterocycles. The van der Waals surface area contributed by atoms with Crippen molar-refractivity contribution in [3.63, 3.8) is 0 Å². The van der Waals surface area contributed by atoms with Gasteiger partial charge in [0.15, 0.2) is 0 Å². The van der Waals surface area contributed by atoms with Crippen LogP contribution in [-0.2, 0) is 26.2 Å². The van der Waals surface area contributed by atoms with E-state index >= 15 is 0 Å². The number of hydrogen-bond acceptors (Lipinski definition) is 4. The van der Waals surface area contributed by atoms with Crippen molar-refractivity contribution < 1.29 is 18.0 Å². The van der Waals surface area contributed by atoms with Crippen LogP contribution in [0.3, 0.4) is 0 Å². The van der Waals surface area contributed by atoms with Gasteiger partial charge in [-0.25, -0.2) is 8.42 Å². The molecule has 0 radical (unpaired) electrons. The number of anilines is 1. The minimum Gasteiger partial charge on any atom is -0.354 e. The fourth-order valence-corrected chi connectivity index (χ4v) is 4.70. The highest BCUT2D eigenvalue weighted by Crippen LogP contribution is 2.20. The fraction of sp³-hybridized carbons (Fsp3) is 0.440. The molecule has 1 unspecified atom stereocenters. The predicted molar refractivity (Wildman–Crippen MR) is 137 cm³/mol. The molecule has 9 heteroatoms. The zero-order chi connectivity index (χ0) is 25.3. The number of benzene rings is 2. The lowest BCUT2D eigenvalue weighted by atomic mass is 10.1. The monoisotopic (exact) mass is 507 g/mol. The Morgan fingerprint density at radius 2 is 1.79 bits per heavy atom. The van der Waals surface area contributed by atoms with Crippen molar-refractivity contribution >= 4 is 39.1 Å². The van der Waals surface area contributed by atoms with Crippen LogP contribution in [0.1, 0.15) is 44.2 Å². The number of sulfonamides is 1. The first-order chi connectivity index (χ1) is 16.0. The van der Waals surface area contributed by atoms with Crippen LogP contribution in [0, 0.1) is 6.92 Å². The average molecular weight is 508 g/mol. The van der Waals surface area contributed by atoms with Crippen molar-refractivity contribution in [1.29, 1.82) is 0 Å². The topological polar surface area (TPSA) is 86.8 Å². The summed E-state index contributed by atoms with van der Waals surface area (Å²) < 4.78 is 26.0. The molecule has 0 aliphatic heterocycles. The van der Waals surface area contributed by atoms with Crippen LogP contribution in [-0.4, -0.2) is 50.5 Å². The summed E-state index contributed by atoms with van der Waals surface area (Å²) in [5.74, 6) is -0.453. The Hall–Kier alpha value is -2.58. The molecule has 2 aromatic carbocycles. The van der Waals surface area contributed by atoms with Gasteiger partial charge in [-0.15, -0.1) is 0 Å². The first-order valence-electron chi connectivity index (χ1n) is 11.4. The van der Waals surface area contributed by atoms with Gasteiger partial charge in [-0.2, -0.15) is 0 Å². The molecular weight excluding hydrogens is 474 g/mol. The zero-order valence-corrected chi connectivity index (χ0v) is 21.8. The molecule has 7 nitrogen and oxygen atoms in total. The van der Waals surface area contributed by atoms with E-state index < -0.39 is 16.1 Å². The van der Waals surface area contributed by atoms with Crippen LogP contribution in [0.15, 0.2) is 48.5 Å². The minimum absolute atomic E-state index is 0.101. The lowest BCUT2D eigenvalue weighted by Crippen LogP contribution is -2.47. The maximum atomic E-state index is 13.2. The third-order valence-corrected chi connectivity index (χ3v) is 6.86. The minimum atomic E-state index is -3.51. The van der Waals surface area contributed by atoms with E-state index in [0.717, 1.165) is 23.8 Å². The smallest absolute Gasteiger partial charge is 0.242 e. The molecule has 186 valence electrons. The Balaban J connectivity index is 2.14. The summed E-state index contributed by atoms with van der Waals surface area (Å²) in [6.07, 6.45) is 2.36. The van der Waals surface area contributed by atoms with Gasteiger partial charge in [0.25, 0.3) is 0 Å².